The second kappa shape index (κ2) is 11.9. The number of para-hydroxylation sites is 2. The molecule has 0 radical (unpaired) electrons. The molecule has 10 aromatic rings. The van der Waals surface area contributed by atoms with Gasteiger partial charge in [-0.15, -0.1) is 22.7 Å². The highest BCUT2D eigenvalue weighted by atomic mass is 32.1. The fourth-order valence-electron chi connectivity index (χ4n) is 7.26. The number of fused-ring (bicyclic) bond motifs is 7. The highest BCUT2D eigenvalue weighted by Crippen LogP contribution is 2.44. The van der Waals surface area contributed by atoms with Gasteiger partial charge in [-0.05, 0) is 102 Å². The Bertz CT molecular complexity index is 2800. The predicted octanol–water partition coefficient (Wildman–Crippen LogP) is 14.5. The zero-order valence-corrected chi connectivity index (χ0v) is 28.7. The summed E-state index contributed by atoms with van der Waals surface area (Å²) in [6.45, 7) is 0. The topological polar surface area (TPSA) is 6.48 Å². The van der Waals surface area contributed by atoms with Gasteiger partial charge in [-0.2, -0.15) is 0 Å². The summed E-state index contributed by atoms with van der Waals surface area (Å²) in [5.74, 6) is 0. The van der Waals surface area contributed by atoms with Gasteiger partial charge in [0.15, 0.2) is 0 Å². The number of hydrogen-bond acceptors (Lipinski definition) is 4. The van der Waals surface area contributed by atoms with Crippen LogP contribution in [-0.2, 0) is 0 Å². The van der Waals surface area contributed by atoms with Crippen LogP contribution in [0.3, 0.4) is 0 Å². The highest BCUT2D eigenvalue weighted by molar-refractivity contribution is 7.26. The minimum Gasteiger partial charge on any atom is -0.310 e. The van der Waals surface area contributed by atoms with Gasteiger partial charge in [-0.3, -0.25) is 0 Å². The third-order valence-corrected chi connectivity index (χ3v) is 11.9. The first-order valence-electron chi connectivity index (χ1n) is 16.8. The Hall–Kier alpha value is -5.94. The molecule has 0 amide bonds. The summed E-state index contributed by atoms with van der Waals surface area (Å²) in [5.41, 5.74) is 6.80. The van der Waals surface area contributed by atoms with Crippen molar-refractivity contribution in [1.29, 1.82) is 0 Å². The van der Waals surface area contributed by atoms with Gasteiger partial charge in [0.2, 0.25) is 0 Å². The van der Waals surface area contributed by atoms with E-state index in [9.17, 15) is 0 Å². The molecule has 4 heteroatoms. The van der Waals surface area contributed by atoms with E-state index in [4.69, 9.17) is 0 Å². The predicted molar refractivity (Wildman–Crippen MR) is 219 cm³/mol. The molecule has 0 bridgehead atoms. The molecule has 0 fully saturated rings. The fraction of sp³-hybridized carbons (Fsp3) is 0. The molecule has 0 aliphatic carbocycles. The van der Waals surface area contributed by atoms with Crippen molar-refractivity contribution >= 4 is 108 Å². The Kier molecular flexibility index (Phi) is 6.90. The van der Waals surface area contributed by atoms with Crippen molar-refractivity contribution in [3.63, 3.8) is 0 Å². The molecule has 0 saturated heterocycles. The normalized spacial score (nSPS) is 11.6. The average molecular weight is 675 g/mol. The van der Waals surface area contributed by atoms with Gasteiger partial charge in [0.1, 0.15) is 0 Å². The molecule has 8 aromatic carbocycles. The van der Waals surface area contributed by atoms with Gasteiger partial charge in [0.05, 0.1) is 0 Å². The fourth-order valence-corrected chi connectivity index (χ4v) is 9.48. The lowest BCUT2D eigenvalue weighted by molar-refractivity contribution is 1.28. The van der Waals surface area contributed by atoms with Crippen molar-refractivity contribution in [2.75, 3.05) is 9.80 Å². The van der Waals surface area contributed by atoms with Crippen LogP contribution in [0.1, 0.15) is 0 Å². The Labute approximate surface area is 298 Å². The number of rotatable bonds is 6. The zero-order chi connectivity index (χ0) is 33.0. The van der Waals surface area contributed by atoms with Crippen LogP contribution >= 0.6 is 22.7 Å². The lowest BCUT2D eigenvalue weighted by Crippen LogP contribution is -2.10. The zero-order valence-electron chi connectivity index (χ0n) is 27.0. The monoisotopic (exact) mass is 674 g/mol. The van der Waals surface area contributed by atoms with E-state index in [-0.39, 0.29) is 0 Å². The first-order valence-corrected chi connectivity index (χ1v) is 18.5. The maximum atomic E-state index is 2.42. The molecule has 236 valence electrons. The number of anilines is 6. The van der Waals surface area contributed by atoms with E-state index >= 15 is 0 Å². The van der Waals surface area contributed by atoms with Crippen LogP contribution in [0.5, 0.6) is 0 Å². The van der Waals surface area contributed by atoms with Gasteiger partial charge >= 0.3 is 0 Å². The number of thiophene rings is 2. The molecule has 2 nitrogen and oxygen atoms in total. The lowest BCUT2D eigenvalue weighted by atomic mass is 10.1. The summed E-state index contributed by atoms with van der Waals surface area (Å²) in [7, 11) is 0. The van der Waals surface area contributed by atoms with Crippen molar-refractivity contribution in [3.8, 4) is 0 Å². The van der Waals surface area contributed by atoms with Crippen LogP contribution in [0.2, 0.25) is 0 Å². The molecule has 0 atom stereocenters. The summed E-state index contributed by atoms with van der Waals surface area (Å²) in [6, 6.07) is 66.2. The van der Waals surface area contributed by atoms with E-state index in [1.54, 1.807) is 0 Å². The van der Waals surface area contributed by atoms with Gasteiger partial charge in [-0.25, -0.2) is 0 Å². The summed E-state index contributed by atoms with van der Waals surface area (Å²) in [6.07, 6.45) is 0. The second-order valence-electron chi connectivity index (χ2n) is 12.6. The number of nitrogens with zero attached hydrogens (tertiary/aromatic N) is 2. The third kappa shape index (κ3) is 4.92. The molecule has 0 unspecified atom stereocenters. The molecule has 2 aromatic heterocycles. The Morgan fingerprint density at radius 2 is 0.700 bits per heavy atom. The van der Waals surface area contributed by atoms with Gasteiger partial charge in [-0.1, -0.05) is 91.0 Å². The smallest absolute Gasteiger partial charge is 0.0476 e. The first kappa shape index (κ1) is 29.0. The van der Waals surface area contributed by atoms with E-state index < -0.39 is 0 Å². The maximum absolute atomic E-state index is 2.42. The van der Waals surface area contributed by atoms with E-state index in [1.165, 1.54) is 51.1 Å². The molecule has 2 heterocycles. The Balaban J connectivity index is 1.17. The van der Waals surface area contributed by atoms with Gasteiger partial charge in [0, 0.05) is 74.5 Å². The second-order valence-corrected chi connectivity index (χ2v) is 14.8. The quantitative estimate of drug-likeness (QED) is 0.173. The Morgan fingerprint density at radius 3 is 1.36 bits per heavy atom. The van der Waals surface area contributed by atoms with Crippen molar-refractivity contribution in [1.82, 2.24) is 0 Å². The number of hydrogen-bond donors (Lipinski definition) is 0. The van der Waals surface area contributed by atoms with Crippen LogP contribution in [0.4, 0.5) is 34.1 Å². The van der Waals surface area contributed by atoms with Crippen LogP contribution in [0.15, 0.2) is 182 Å². The molecular formula is C46H30N2S2. The molecular weight excluding hydrogens is 645 g/mol. The van der Waals surface area contributed by atoms with Crippen LogP contribution in [-0.4, -0.2) is 0 Å². The standard InChI is InChI=1S/C46H30N2S2/c1-3-11-33(12-4-1)47(34-13-5-2-6-14-34)35-21-19-31-20-22-36(28-32(31)27-35)48(37-24-26-45-42(29-37)40-16-8-10-18-44(40)49-45)38-23-25-41-39-15-7-9-17-43(39)50-46(41)30-38/h1-30H. The molecule has 50 heavy (non-hydrogen) atoms. The summed E-state index contributed by atoms with van der Waals surface area (Å²) < 4.78 is 5.23. The summed E-state index contributed by atoms with van der Waals surface area (Å²) >= 11 is 3.72. The molecule has 0 N–H and O–H groups in total. The first-order chi connectivity index (χ1) is 24.8. The molecule has 0 saturated carbocycles. The minimum atomic E-state index is 1.12. The largest absolute Gasteiger partial charge is 0.310 e. The van der Waals surface area contributed by atoms with Crippen molar-refractivity contribution in [3.05, 3.63) is 182 Å². The van der Waals surface area contributed by atoms with Gasteiger partial charge < -0.3 is 9.80 Å². The minimum absolute atomic E-state index is 1.12. The average Bonchev–Trinajstić information content (AvgIpc) is 3.74. The molecule has 0 spiro atoms. The summed E-state index contributed by atoms with van der Waals surface area (Å²) in [4.78, 5) is 4.75. The Morgan fingerprint density at radius 1 is 0.260 bits per heavy atom. The van der Waals surface area contributed by atoms with Gasteiger partial charge in [0.25, 0.3) is 0 Å². The van der Waals surface area contributed by atoms with E-state index in [1.807, 2.05) is 22.7 Å². The maximum Gasteiger partial charge on any atom is 0.0476 e. The summed E-state index contributed by atoms with van der Waals surface area (Å²) in [5, 5.41) is 7.61. The molecule has 0 aliphatic rings. The van der Waals surface area contributed by atoms with Crippen molar-refractivity contribution < 1.29 is 0 Å². The molecule has 0 aliphatic heterocycles. The van der Waals surface area contributed by atoms with E-state index in [2.05, 4.69) is 192 Å². The SMILES string of the molecule is c1ccc(N(c2ccccc2)c2ccc3ccc(N(c4ccc5c(c4)sc4ccccc45)c4ccc5sc6ccccc6c5c4)cc3c2)cc1. The van der Waals surface area contributed by atoms with E-state index in [0.717, 1.165) is 34.1 Å². The molecule has 10 rings (SSSR count). The van der Waals surface area contributed by atoms with Crippen LogP contribution in [0.25, 0.3) is 51.1 Å². The van der Waals surface area contributed by atoms with Crippen LogP contribution in [0, 0.1) is 0 Å². The van der Waals surface area contributed by atoms with Crippen molar-refractivity contribution in [2.45, 2.75) is 0 Å². The number of benzene rings is 8. The third-order valence-electron chi connectivity index (χ3n) is 9.59. The highest BCUT2D eigenvalue weighted by Gasteiger charge is 2.18. The van der Waals surface area contributed by atoms with Crippen molar-refractivity contribution in [2.24, 2.45) is 0 Å². The van der Waals surface area contributed by atoms with E-state index in [0.29, 0.717) is 0 Å². The lowest BCUT2D eigenvalue weighted by Gasteiger charge is -2.27. The van der Waals surface area contributed by atoms with Crippen LogP contribution < -0.4 is 9.80 Å².